The molecule has 0 amide bonds. The molecule has 0 bridgehead atoms. The number of unbranched alkanes of at least 4 members (excludes halogenated alkanes) is 2. The molecule has 0 N–H and O–H groups in total. The fourth-order valence-corrected chi connectivity index (χ4v) is 8.27. The molecule has 0 atom stereocenters. The third-order valence-electron chi connectivity index (χ3n) is 5.30. The van der Waals surface area contributed by atoms with Gasteiger partial charge in [0.15, 0.2) is 0 Å². The predicted molar refractivity (Wildman–Crippen MR) is 117 cm³/mol. The van der Waals surface area contributed by atoms with E-state index < -0.39 is 6.83 Å². The number of hydrogen-bond acceptors (Lipinski definition) is 1. The Morgan fingerprint density at radius 3 is 1.35 bits per heavy atom. The van der Waals surface area contributed by atoms with Crippen molar-refractivity contribution in [1.82, 2.24) is 0 Å². The molecule has 136 valence electrons. The van der Waals surface area contributed by atoms with Gasteiger partial charge in [0, 0.05) is 0 Å². The average Bonchev–Trinajstić information content (AvgIpc) is 2.73. The molecule has 0 unspecified atom stereocenters. The summed E-state index contributed by atoms with van der Waals surface area (Å²) in [6, 6.07) is 32.4. The molecule has 0 spiro atoms. The molecule has 0 aliphatic carbocycles. The van der Waals surface area contributed by atoms with E-state index in [1.54, 1.807) is 0 Å². The summed E-state index contributed by atoms with van der Waals surface area (Å²) in [7, 11) is 0. The van der Waals surface area contributed by atoms with Crippen LogP contribution in [0.4, 0.5) is 0 Å². The summed E-state index contributed by atoms with van der Waals surface area (Å²) in [4.78, 5) is 0. The van der Waals surface area contributed by atoms with E-state index in [4.69, 9.17) is 4.52 Å². The fraction of sp³-hybridized carbons (Fsp3) is 0.250. The van der Waals surface area contributed by atoms with Crippen molar-refractivity contribution in [3.63, 3.8) is 0 Å². The predicted octanol–water partition coefficient (Wildman–Crippen LogP) is 5.27. The number of benzene rings is 3. The van der Waals surface area contributed by atoms with Gasteiger partial charge < -0.3 is 0 Å². The molecule has 0 saturated carbocycles. The van der Waals surface area contributed by atoms with Crippen LogP contribution in [0.2, 0.25) is 0 Å². The Balaban J connectivity index is 2.24. The van der Waals surface area contributed by atoms with E-state index in [-0.39, 0.29) is 0 Å². The quantitative estimate of drug-likeness (QED) is 0.391. The molecular formula is C24H29OP. The van der Waals surface area contributed by atoms with E-state index in [9.17, 15) is 0 Å². The maximum absolute atomic E-state index is 7.01. The van der Waals surface area contributed by atoms with Gasteiger partial charge >= 0.3 is 158 Å². The van der Waals surface area contributed by atoms with E-state index in [1.165, 1.54) is 28.8 Å². The van der Waals surface area contributed by atoms with E-state index in [0.717, 1.165) is 13.0 Å². The standard InChI is InChI=1S/C24H29OP/c1-3-4-14-21-25-26(2,22-15-8-5-9-16-22,23-17-10-6-11-18-23)24-19-12-7-13-20-24/h5-13,15-20H,3-4,14,21H2,1-2H3. The molecule has 0 radical (unpaired) electrons. The van der Waals surface area contributed by atoms with E-state index in [1.807, 2.05) is 0 Å². The molecule has 1 nitrogen and oxygen atoms in total. The van der Waals surface area contributed by atoms with Crippen molar-refractivity contribution in [2.75, 3.05) is 13.3 Å². The maximum atomic E-state index is 7.01. The van der Waals surface area contributed by atoms with Gasteiger partial charge in [0.05, 0.1) is 0 Å². The number of rotatable bonds is 8. The minimum absolute atomic E-state index is 0.779. The van der Waals surface area contributed by atoms with Gasteiger partial charge in [-0.05, 0) is 0 Å². The van der Waals surface area contributed by atoms with E-state index in [0.29, 0.717) is 0 Å². The summed E-state index contributed by atoms with van der Waals surface area (Å²) in [5.74, 6) is 0. The summed E-state index contributed by atoms with van der Waals surface area (Å²) >= 11 is 0. The van der Waals surface area contributed by atoms with Crippen molar-refractivity contribution in [1.29, 1.82) is 0 Å². The Bertz CT molecular complexity index is 700. The second-order valence-electron chi connectivity index (χ2n) is 7.01. The van der Waals surface area contributed by atoms with E-state index in [2.05, 4.69) is 105 Å². The normalized spacial score (nSPS) is 13.1. The van der Waals surface area contributed by atoms with Gasteiger partial charge in [0.25, 0.3) is 0 Å². The molecule has 3 aromatic carbocycles. The Kier molecular flexibility index (Phi) is 5.91. The van der Waals surface area contributed by atoms with Gasteiger partial charge in [0.1, 0.15) is 0 Å². The average molecular weight is 364 g/mol. The van der Waals surface area contributed by atoms with Crippen LogP contribution in [0.1, 0.15) is 26.2 Å². The van der Waals surface area contributed by atoms with Crippen molar-refractivity contribution < 1.29 is 4.52 Å². The Morgan fingerprint density at radius 2 is 1.00 bits per heavy atom. The zero-order valence-corrected chi connectivity index (χ0v) is 16.7. The van der Waals surface area contributed by atoms with Crippen LogP contribution in [0.25, 0.3) is 0 Å². The van der Waals surface area contributed by atoms with Gasteiger partial charge in [0.2, 0.25) is 0 Å². The summed E-state index contributed by atoms with van der Waals surface area (Å²) in [6.07, 6.45) is 3.49. The van der Waals surface area contributed by atoms with Crippen molar-refractivity contribution >= 4 is 22.7 Å². The second-order valence-corrected chi connectivity index (χ2v) is 11.7. The first-order chi connectivity index (χ1) is 12.7. The van der Waals surface area contributed by atoms with Crippen molar-refractivity contribution in [2.24, 2.45) is 0 Å². The van der Waals surface area contributed by atoms with Crippen LogP contribution in [0.3, 0.4) is 0 Å². The SMILES string of the molecule is CCCCCOP(C)(c1ccccc1)(c1ccccc1)c1ccccc1. The fourth-order valence-electron chi connectivity index (χ4n) is 3.68. The zero-order chi connectivity index (χ0) is 18.3. The molecule has 0 saturated heterocycles. The molecule has 2 heteroatoms. The molecular weight excluding hydrogens is 335 g/mol. The van der Waals surface area contributed by atoms with Crippen LogP contribution in [-0.4, -0.2) is 13.3 Å². The van der Waals surface area contributed by atoms with Crippen LogP contribution >= 0.6 is 6.83 Å². The van der Waals surface area contributed by atoms with Crippen LogP contribution < -0.4 is 15.9 Å². The van der Waals surface area contributed by atoms with Crippen molar-refractivity contribution in [2.45, 2.75) is 26.2 Å². The molecule has 0 aliphatic heterocycles. The van der Waals surface area contributed by atoms with Gasteiger partial charge in [-0.1, -0.05) is 0 Å². The molecule has 0 aliphatic rings. The van der Waals surface area contributed by atoms with Crippen LogP contribution in [0.5, 0.6) is 0 Å². The molecule has 26 heavy (non-hydrogen) atoms. The van der Waals surface area contributed by atoms with Gasteiger partial charge in [-0.25, -0.2) is 0 Å². The monoisotopic (exact) mass is 364 g/mol. The topological polar surface area (TPSA) is 9.23 Å². The minimum atomic E-state index is -2.98. The Morgan fingerprint density at radius 1 is 0.615 bits per heavy atom. The first kappa shape index (κ1) is 18.8. The van der Waals surface area contributed by atoms with Gasteiger partial charge in [-0.15, -0.1) is 0 Å². The van der Waals surface area contributed by atoms with Crippen LogP contribution in [0.15, 0.2) is 91.0 Å². The molecule has 0 fully saturated rings. The van der Waals surface area contributed by atoms with Gasteiger partial charge in [-0.3, -0.25) is 0 Å². The first-order valence-corrected chi connectivity index (χ1v) is 12.1. The third kappa shape index (κ3) is 3.34. The molecule has 3 aromatic rings. The van der Waals surface area contributed by atoms with Crippen LogP contribution in [-0.2, 0) is 4.52 Å². The third-order valence-corrected chi connectivity index (χ3v) is 10.7. The zero-order valence-electron chi connectivity index (χ0n) is 15.8. The summed E-state index contributed by atoms with van der Waals surface area (Å²) in [5, 5.41) is 3.85. The van der Waals surface area contributed by atoms with Crippen LogP contribution in [0, 0.1) is 0 Å². The van der Waals surface area contributed by atoms with Crippen molar-refractivity contribution in [3.05, 3.63) is 91.0 Å². The molecule has 3 rings (SSSR count). The molecule has 0 aromatic heterocycles. The van der Waals surface area contributed by atoms with E-state index >= 15 is 0 Å². The summed E-state index contributed by atoms with van der Waals surface area (Å²) < 4.78 is 7.01. The van der Waals surface area contributed by atoms with Gasteiger partial charge in [-0.2, -0.15) is 0 Å². The first-order valence-electron chi connectivity index (χ1n) is 9.53. The Hall–Kier alpha value is -1.95. The number of hydrogen-bond donors (Lipinski definition) is 0. The van der Waals surface area contributed by atoms with Crippen molar-refractivity contribution in [3.8, 4) is 0 Å². The Labute approximate surface area is 158 Å². The second kappa shape index (κ2) is 8.16. The summed E-state index contributed by atoms with van der Waals surface area (Å²) in [6.45, 7) is 2.39. The molecule has 0 heterocycles. The summed E-state index contributed by atoms with van der Waals surface area (Å²) in [5.41, 5.74) is 0.